The van der Waals surface area contributed by atoms with Gasteiger partial charge in [0.2, 0.25) is 0 Å². The van der Waals surface area contributed by atoms with Gasteiger partial charge < -0.3 is 8.92 Å². The van der Waals surface area contributed by atoms with Crippen LogP contribution in [-0.4, -0.2) is 11.5 Å². The Morgan fingerprint density at radius 1 is 1.38 bits per heavy atom. The van der Waals surface area contributed by atoms with E-state index in [-0.39, 0.29) is 0 Å². The van der Waals surface area contributed by atoms with Crippen molar-refractivity contribution in [3.05, 3.63) is 0 Å². The van der Waals surface area contributed by atoms with Crippen LogP contribution in [0.15, 0.2) is 0 Å². The molecule has 0 aliphatic heterocycles. The van der Waals surface area contributed by atoms with Gasteiger partial charge in [0.15, 0.2) is 0 Å². The van der Waals surface area contributed by atoms with Crippen LogP contribution in [0.25, 0.3) is 0 Å². The molecule has 4 nitrogen and oxygen atoms in total. The number of ether oxygens (including phenoxy) is 1. The van der Waals surface area contributed by atoms with Crippen LogP contribution < -0.4 is 0 Å². The van der Waals surface area contributed by atoms with Gasteiger partial charge in [0.05, 0.1) is 0 Å². The molecule has 6 heteroatoms. The number of hydrogen-bond donors (Lipinski definition) is 2. The molecule has 0 aromatic carbocycles. The summed E-state index contributed by atoms with van der Waals surface area (Å²) in [6, 6.07) is 0. The number of thiol groups is 2. The highest BCUT2D eigenvalue weighted by atomic mass is 32.1. The molecule has 0 bridgehead atoms. The average Bonchev–Trinajstić information content (AvgIpc) is 1.65. The van der Waals surface area contributed by atoms with Gasteiger partial charge in [-0.3, -0.25) is 0 Å². The summed E-state index contributed by atoms with van der Waals surface area (Å²) >= 11 is 6.12. The van der Waals surface area contributed by atoms with Gasteiger partial charge in [-0.25, -0.2) is 9.59 Å². The Morgan fingerprint density at radius 3 is 2.00 bits per heavy atom. The van der Waals surface area contributed by atoms with Crippen molar-refractivity contribution >= 4 is 37.0 Å². The van der Waals surface area contributed by atoms with E-state index in [2.05, 4.69) is 34.5 Å². The van der Waals surface area contributed by atoms with Crippen LogP contribution in [0.5, 0.6) is 0 Å². The highest BCUT2D eigenvalue weighted by Gasteiger charge is 2.03. The van der Waals surface area contributed by atoms with Crippen molar-refractivity contribution in [1.29, 1.82) is 0 Å². The number of rotatable bonds is 0. The lowest BCUT2D eigenvalue weighted by Crippen LogP contribution is -2.02. The number of hydrogen-bond acceptors (Lipinski definition) is 5. The second-order valence-electron chi connectivity index (χ2n) is 0.709. The van der Waals surface area contributed by atoms with Gasteiger partial charge >= 0.3 is 11.5 Å². The largest absolute Gasteiger partial charge is 0.528 e. The Balaban J connectivity index is 3.40. The third-order valence-corrected chi connectivity index (χ3v) is 0.486. The molecule has 0 unspecified atom stereocenters. The first-order valence-electron chi connectivity index (χ1n) is 1.43. The maximum absolute atomic E-state index is 9.83. The molecule has 0 fully saturated rings. The molecule has 0 N–H and O–H groups in total. The second kappa shape index (κ2) is 3.62. The van der Waals surface area contributed by atoms with Gasteiger partial charge in [-0.1, -0.05) is 12.6 Å². The van der Waals surface area contributed by atoms with Crippen molar-refractivity contribution in [1.82, 2.24) is 0 Å². The zero-order valence-electron chi connectivity index (χ0n) is 3.53. The standard InChI is InChI=1S/C2H2O4S2/c3-1(6-8)5-2(4)7/h8H,(H,4,7). The highest BCUT2D eigenvalue weighted by Crippen LogP contribution is 1.91. The molecule has 0 aromatic heterocycles. The van der Waals surface area contributed by atoms with E-state index in [1.54, 1.807) is 0 Å². The molecule has 0 heterocycles. The molecule has 0 aromatic rings. The first-order chi connectivity index (χ1) is 3.66. The normalized spacial score (nSPS) is 7.75. The van der Waals surface area contributed by atoms with Crippen LogP contribution in [0.2, 0.25) is 0 Å². The molecule has 0 amide bonds. The smallest absolute Gasteiger partial charge is 0.363 e. The molecule has 46 valence electrons. The van der Waals surface area contributed by atoms with E-state index in [9.17, 15) is 9.59 Å². The summed E-state index contributed by atoms with van der Waals surface area (Å²) in [4.78, 5) is 19.6. The maximum Gasteiger partial charge on any atom is 0.528 e. The van der Waals surface area contributed by atoms with Gasteiger partial charge in [0.25, 0.3) is 0 Å². The molecule has 0 aliphatic rings. The minimum Gasteiger partial charge on any atom is -0.363 e. The van der Waals surface area contributed by atoms with E-state index in [0.717, 1.165) is 0 Å². The summed E-state index contributed by atoms with van der Waals surface area (Å²) in [5, 5.41) is -1.02. The van der Waals surface area contributed by atoms with Crippen LogP contribution >= 0.6 is 25.5 Å². The molecule has 0 saturated carbocycles. The van der Waals surface area contributed by atoms with Crippen molar-refractivity contribution in [2.45, 2.75) is 0 Å². The molecule has 0 spiro atoms. The molecule has 8 heavy (non-hydrogen) atoms. The van der Waals surface area contributed by atoms with Crippen molar-refractivity contribution in [2.75, 3.05) is 0 Å². The van der Waals surface area contributed by atoms with E-state index in [0.29, 0.717) is 0 Å². The number of carbonyl (C=O) groups excluding carboxylic acids is 2. The lowest BCUT2D eigenvalue weighted by molar-refractivity contribution is 0.136. The lowest BCUT2D eigenvalue weighted by Gasteiger charge is -1.90. The fourth-order valence-corrected chi connectivity index (χ4v) is 0.202. The SMILES string of the molecule is O=C(S)OC(=O)OS. The van der Waals surface area contributed by atoms with Gasteiger partial charge in [0, 0.05) is 12.9 Å². The fourth-order valence-electron chi connectivity index (χ4n) is 0.0899. The average molecular weight is 154 g/mol. The number of carbonyl (C=O) groups is 2. The van der Waals surface area contributed by atoms with Gasteiger partial charge in [-0.2, -0.15) is 0 Å². The summed E-state index contributed by atoms with van der Waals surface area (Å²) in [6.07, 6.45) is -1.19. The lowest BCUT2D eigenvalue weighted by atomic mass is 11.3. The van der Waals surface area contributed by atoms with Gasteiger partial charge in [0.1, 0.15) is 0 Å². The molecule has 0 aliphatic carbocycles. The van der Waals surface area contributed by atoms with Crippen molar-refractivity contribution in [3.8, 4) is 0 Å². The Hall–Kier alpha value is -0.360. The minimum absolute atomic E-state index is 1.02. The highest BCUT2D eigenvalue weighted by molar-refractivity contribution is 7.96. The summed E-state index contributed by atoms with van der Waals surface area (Å²) in [5.41, 5.74) is 0. The minimum atomic E-state index is -1.19. The van der Waals surface area contributed by atoms with Gasteiger partial charge in [-0.15, -0.1) is 0 Å². The first kappa shape index (κ1) is 7.64. The Kier molecular flexibility index (Phi) is 3.46. The topological polar surface area (TPSA) is 52.6 Å². The second-order valence-corrected chi connectivity index (χ2v) is 1.26. The summed E-state index contributed by atoms with van der Waals surface area (Å²) < 4.78 is 7.31. The predicted molar refractivity (Wildman–Crippen MR) is 30.9 cm³/mol. The van der Waals surface area contributed by atoms with Crippen LogP contribution in [0.4, 0.5) is 9.59 Å². The van der Waals surface area contributed by atoms with E-state index in [1.165, 1.54) is 0 Å². The molecule has 0 saturated heterocycles. The van der Waals surface area contributed by atoms with E-state index in [1.807, 2.05) is 0 Å². The van der Waals surface area contributed by atoms with Crippen LogP contribution in [-0.2, 0) is 8.92 Å². The first-order valence-corrected chi connectivity index (χ1v) is 2.24. The third-order valence-electron chi connectivity index (χ3n) is 0.245. The zero-order valence-corrected chi connectivity index (χ0v) is 5.32. The van der Waals surface area contributed by atoms with E-state index in [4.69, 9.17) is 0 Å². The monoisotopic (exact) mass is 154 g/mol. The van der Waals surface area contributed by atoms with Crippen LogP contribution in [0.3, 0.4) is 0 Å². The maximum atomic E-state index is 9.83. The Bertz CT molecular complexity index is 111. The van der Waals surface area contributed by atoms with Gasteiger partial charge in [-0.05, 0) is 0 Å². The quantitative estimate of drug-likeness (QED) is 0.237. The Labute approximate surface area is 56.2 Å². The predicted octanol–water partition coefficient (Wildman–Crippen LogP) is 1.03. The van der Waals surface area contributed by atoms with Crippen molar-refractivity contribution < 1.29 is 18.5 Å². The molecular formula is C2H2O4S2. The van der Waals surface area contributed by atoms with Crippen molar-refractivity contribution in [2.24, 2.45) is 0 Å². The summed E-state index contributed by atoms with van der Waals surface area (Å²) in [5.74, 6) is 0. The Morgan fingerprint density at radius 2 is 1.88 bits per heavy atom. The molecule has 0 rings (SSSR count). The van der Waals surface area contributed by atoms with E-state index >= 15 is 0 Å². The fraction of sp³-hybridized carbons (Fsp3) is 0. The summed E-state index contributed by atoms with van der Waals surface area (Å²) in [7, 11) is 0. The molecule has 0 radical (unpaired) electrons. The molecule has 0 atom stereocenters. The van der Waals surface area contributed by atoms with Crippen molar-refractivity contribution in [3.63, 3.8) is 0 Å². The van der Waals surface area contributed by atoms with Crippen LogP contribution in [0, 0.1) is 0 Å². The third kappa shape index (κ3) is 3.82. The van der Waals surface area contributed by atoms with Crippen LogP contribution in [0.1, 0.15) is 0 Å². The molecular weight excluding hydrogens is 152 g/mol. The van der Waals surface area contributed by atoms with E-state index < -0.39 is 11.5 Å². The summed E-state index contributed by atoms with van der Waals surface area (Å²) in [6.45, 7) is 0. The zero-order chi connectivity index (χ0) is 6.57.